The molecule has 8 heteroatoms. The van der Waals surface area contributed by atoms with E-state index in [0.29, 0.717) is 12.8 Å². The Morgan fingerprint density at radius 2 is 1.17 bits per heavy atom. The van der Waals surface area contributed by atoms with Crippen molar-refractivity contribution in [1.82, 2.24) is 0 Å². The van der Waals surface area contributed by atoms with E-state index in [2.05, 4.69) is 6.92 Å². The van der Waals surface area contributed by atoms with Gasteiger partial charge in [0.2, 0.25) is 0 Å². The average molecular weight is 520 g/mol. The summed E-state index contributed by atoms with van der Waals surface area (Å²) in [6.45, 7) is 6.55. The summed E-state index contributed by atoms with van der Waals surface area (Å²) in [6.07, 6.45) is 19.5. The van der Waals surface area contributed by atoms with Gasteiger partial charge in [-0.15, -0.1) is 0 Å². The number of hydrogen-bond donors (Lipinski definition) is 2. The van der Waals surface area contributed by atoms with Gasteiger partial charge >= 0.3 is 11.9 Å². The van der Waals surface area contributed by atoms with Crippen LogP contribution in [0.5, 0.6) is 0 Å². The number of carbonyl (C=O) groups excluding carboxylic acids is 2. The first-order valence-corrected chi connectivity index (χ1v) is 15.8. The van der Waals surface area contributed by atoms with E-state index in [1.54, 1.807) is 0 Å². The van der Waals surface area contributed by atoms with Crippen LogP contribution in [0, 0.1) is 5.92 Å². The first-order valence-electron chi connectivity index (χ1n) is 14.2. The Hall–Kier alpha value is -0.990. The molecule has 0 aliphatic heterocycles. The Bertz CT molecular complexity index is 666. The van der Waals surface area contributed by atoms with Crippen LogP contribution in [-0.2, 0) is 14.9 Å². The molecule has 1 atom stereocenters. The highest BCUT2D eigenvalue weighted by Crippen LogP contribution is 2.19. The van der Waals surface area contributed by atoms with E-state index in [-0.39, 0.29) is 37.8 Å². The lowest BCUT2D eigenvalue weighted by molar-refractivity contribution is -0.774. The third-order valence-electron chi connectivity index (χ3n) is 6.92. The van der Waals surface area contributed by atoms with E-state index < -0.39 is 26.4 Å². The van der Waals surface area contributed by atoms with Gasteiger partial charge in [-0.3, -0.25) is 4.55 Å². The summed E-state index contributed by atoms with van der Waals surface area (Å²) in [5.41, 5.74) is 5.67. The van der Waals surface area contributed by atoms with Crippen molar-refractivity contribution in [3.63, 3.8) is 0 Å². The minimum atomic E-state index is -4.15. The zero-order valence-electron chi connectivity index (χ0n) is 22.9. The van der Waals surface area contributed by atoms with Crippen molar-refractivity contribution in [1.29, 1.82) is 0 Å². The molecule has 3 N–H and O–H groups in total. The number of urea groups is 1. The van der Waals surface area contributed by atoms with E-state index in [1.807, 2.05) is 13.8 Å². The van der Waals surface area contributed by atoms with Crippen LogP contribution in [0.3, 0.4) is 0 Å². The second-order valence-electron chi connectivity index (χ2n) is 10.7. The van der Waals surface area contributed by atoms with Crippen LogP contribution in [0.15, 0.2) is 0 Å². The number of quaternary nitrogens is 1. The Morgan fingerprint density at radius 3 is 1.54 bits per heavy atom. The number of hydrogen-bond acceptors (Lipinski definition) is 4. The maximum absolute atomic E-state index is 13.1. The molecule has 0 aromatic heterocycles. The molecule has 0 bridgehead atoms. The van der Waals surface area contributed by atoms with Gasteiger partial charge in [-0.05, 0) is 18.8 Å². The van der Waals surface area contributed by atoms with Crippen molar-refractivity contribution in [3.8, 4) is 0 Å². The van der Waals surface area contributed by atoms with Gasteiger partial charge in [0.1, 0.15) is 0 Å². The van der Waals surface area contributed by atoms with Crippen LogP contribution in [-0.4, -0.2) is 48.2 Å². The molecule has 35 heavy (non-hydrogen) atoms. The first kappa shape index (κ1) is 34.0. The van der Waals surface area contributed by atoms with Crippen molar-refractivity contribution in [2.24, 2.45) is 11.7 Å². The van der Waals surface area contributed by atoms with Gasteiger partial charge in [-0.2, -0.15) is 12.9 Å². The van der Waals surface area contributed by atoms with E-state index in [0.717, 1.165) is 12.8 Å². The minimum absolute atomic E-state index is 0.0133. The van der Waals surface area contributed by atoms with E-state index in [4.69, 9.17) is 10.3 Å². The molecule has 0 fully saturated rings. The van der Waals surface area contributed by atoms with Crippen molar-refractivity contribution < 1.29 is 27.0 Å². The second-order valence-corrected chi connectivity index (χ2v) is 12.2. The first-order chi connectivity index (χ1) is 16.5. The number of amides is 3. The SMILES string of the molecule is CCCCCCCCCCCCCCCCCC(=O)[N+](CCCS(=O)(=O)O)(CCC(C)C)C(N)=O. The summed E-state index contributed by atoms with van der Waals surface area (Å²) in [5.74, 6) is -0.427. The smallest absolute Gasteiger partial charge is 0.318 e. The summed E-state index contributed by atoms with van der Waals surface area (Å²) in [5, 5.41) is 0. The van der Waals surface area contributed by atoms with Gasteiger partial charge in [-0.1, -0.05) is 111 Å². The highest BCUT2D eigenvalue weighted by Gasteiger charge is 2.42. The number of carbonyl (C=O) groups is 2. The second kappa shape index (κ2) is 20.1. The Labute approximate surface area is 215 Å². The summed E-state index contributed by atoms with van der Waals surface area (Å²) >= 11 is 0. The maximum Gasteiger partial charge on any atom is 0.421 e. The van der Waals surface area contributed by atoms with Crippen molar-refractivity contribution in [3.05, 3.63) is 0 Å². The Morgan fingerprint density at radius 1 is 0.743 bits per heavy atom. The fraction of sp³-hybridized carbons (Fsp3) is 0.926. The molecule has 0 saturated carbocycles. The molecular formula is C27H55N2O5S+. The number of primary amides is 1. The highest BCUT2D eigenvalue weighted by molar-refractivity contribution is 7.85. The van der Waals surface area contributed by atoms with Crippen molar-refractivity contribution >= 4 is 22.1 Å². The number of rotatable bonds is 23. The normalized spacial score (nSPS) is 13.7. The predicted octanol–water partition coefficient (Wildman–Crippen LogP) is 6.99. The number of nitrogens with two attached hydrogens (primary N) is 1. The van der Waals surface area contributed by atoms with Crippen molar-refractivity contribution in [2.75, 3.05) is 18.8 Å². The van der Waals surface area contributed by atoms with Crippen LogP contribution in [0.1, 0.15) is 136 Å². The van der Waals surface area contributed by atoms with Gasteiger partial charge in [0.05, 0.1) is 25.3 Å². The Kier molecular flexibility index (Phi) is 19.5. The molecule has 0 saturated heterocycles. The molecule has 208 valence electrons. The minimum Gasteiger partial charge on any atom is -0.318 e. The van der Waals surface area contributed by atoms with Crippen LogP contribution in [0.4, 0.5) is 4.79 Å². The lowest BCUT2D eigenvalue weighted by Crippen LogP contribution is -2.61. The average Bonchev–Trinajstić information content (AvgIpc) is 2.77. The third kappa shape index (κ3) is 18.0. The summed E-state index contributed by atoms with van der Waals surface area (Å²) < 4.78 is 30.7. The quantitative estimate of drug-likeness (QED) is 0.0857. The van der Waals surface area contributed by atoms with Crippen LogP contribution in [0.2, 0.25) is 0 Å². The predicted molar refractivity (Wildman–Crippen MR) is 145 cm³/mol. The highest BCUT2D eigenvalue weighted by atomic mass is 32.2. The number of unbranched alkanes of at least 4 members (excludes halogenated alkanes) is 14. The topological polar surface area (TPSA) is 115 Å². The van der Waals surface area contributed by atoms with E-state index >= 15 is 0 Å². The maximum atomic E-state index is 13.1. The molecule has 0 aromatic rings. The monoisotopic (exact) mass is 519 g/mol. The molecule has 1 unspecified atom stereocenters. The number of nitrogens with zero attached hydrogens (tertiary/aromatic N) is 1. The number of imide groups is 1. The van der Waals surface area contributed by atoms with Gasteiger partial charge in [0.25, 0.3) is 10.1 Å². The van der Waals surface area contributed by atoms with Crippen LogP contribution in [0.25, 0.3) is 0 Å². The van der Waals surface area contributed by atoms with E-state index in [9.17, 15) is 18.0 Å². The summed E-state index contributed by atoms with van der Waals surface area (Å²) in [6, 6.07) is -0.730. The molecule has 0 radical (unpaired) electrons. The van der Waals surface area contributed by atoms with Gasteiger partial charge in [0, 0.05) is 6.42 Å². The fourth-order valence-corrected chi connectivity index (χ4v) is 5.06. The molecule has 7 nitrogen and oxygen atoms in total. The summed E-state index contributed by atoms with van der Waals surface area (Å²) in [4.78, 5) is 25.4. The van der Waals surface area contributed by atoms with Gasteiger partial charge in [0.15, 0.2) is 0 Å². The lowest BCUT2D eigenvalue weighted by Gasteiger charge is -2.32. The molecular weight excluding hydrogens is 464 g/mol. The van der Waals surface area contributed by atoms with Gasteiger partial charge < -0.3 is 5.73 Å². The molecule has 0 rings (SSSR count). The van der Waals surface area contributed by atoms with Crippen LogP contribution < -0.4 is 5.73 Å². The lowest BCUT2D eigenvalue weighted by atomic mass is 10.0. The molecule has 0 aliphatic carbocycles. The molecule has 0 spiro atoms. The molecule has 0 aliphatic rings. The van der Waals surface area contributed by atoms with E-state index in [1.165, 1.54) is 77.0 Å². The Balaban J connectivity index is 4.21. The molecule has 3 amide bonds. The molecule has 0 aromatic carbocycles. The van der Waals surface area contributed by atoms with Gasteiger partial charge in [-0.25, -0.2) is 9.59 Å². The van der Waals surface area contributed by atoms with Crippen molar-refractivity contribution in [2.45, 2.75) is 136 Å². The summed E-state index contributed by atoms with van der Waals surface area (Å²) in [7, 11) is -4.15. The zero-order valence-corrected chi connectivity index (χ0v) is 23.8. The largest absolute Gasteiger partial charge is 0.421 e. The van der Waals surface area contributed by atoms with Crippen LogP contribution >= 0.6 is 0 Å². The zero-order chi connectivity index (χ0) is 26.6. The molecule has 0 heterocycles. The third-order valence-corrected chi connectivity index (χ3v) is 7.73. The fourth-order valence-electron chi connectivity index (χ4n) is 4.56. The standard InChI is InChI=1S/C27H54N2O5S/c1-4-5-6-7-8-9-10-11-12-13-14-15-16-17-18-20-26(30)29(27(28)31,23-21-25(2)3)22-19-24-35(32,33)34/h25H,4-24H2,1-3H3,(H2-,28,31,32,33,34)/p+1.